The Kier molecular flexibility index (Phi) is 3.61. The molecule has 0 amide bonds. The SMILES string of the molecule is O=C(O)c1nnn(CCCF)c1-c1ccncc1. The Morgan fingerprint density at radius 3 is 2.72 bits per heavy atom. The summed E-state index contributed by atoms with van der Waals surface area (Å²) in [6.07, 6.45) is 3.36. The molecule has 0 aliphatic carbocycles. The first kappa shape index (κ1) is 12.2. The molecule has 0 aromatic carbocycles. The third kappa shape index (κ3) is 2.34. The van der Waals surface area contributed by atoms with Crippen molar-refractivity contribution in [3.63, 3.8) is 0 Å². The fourth-order valence-electron chi connectivity index (χ4n) is 1.62. The third-order valence-corrected chi connectivity index (χ3v) is 2.39. The average Bonchev–Trinajstić information content (AvgIpc) is 2.81. The van der Waals surface area contributed by atoms with Crippen LogP contribution in [0.15, 0.2) is 24.5 Å². The van der Waals surface area contributed by atoms with E-state index in [0.29, 0.717) is 11.3 Å². The van der Waals surface area contributed by atoms with Crippen LogP contribution in [0.3, 0.4) is 0 Å². The summed E-state index contributed by atoms with van der Waals surface area (Å²) in [6, 6.07) is 3.33. The summed E-state index contributed by atoms with van der Waals surface area (Å²) in [5, 5.41) is 16.4. The zero-order valence-corrected chi connectivity index (χ0v) is 9.45. The Hall–Kier alpha value is -2.31. The van der Waals surface area contributed by atoms with Gasteiger partial charge in [-0.25, -0.2) is 9.48 Å². The van der Waals surface area contributed by atoms with Gasteiger partial charge in [-0.2, -0.15) is 0 Å². The largest absolute Gasteiger partial charge is 0.476 e. The molecule has 0 aliphatic heterocycles. The molecule has 7 heteroatoms. The molecule has 0 fully saturated rings. The van der Waals surface area contributed by atoms with E-state index in [4.69, 9.17) is 5.11 Å². The van der Waals surface area contributed by atoms with Crippen LogP contribution < -0.4 is 0 Å². The van der Waals surface area contributed by atoms with E-state index in [1.807, 2.05) is 0 Å². The highest BCUT2D eigenvalue weighted by molar-refractivity contribution is 5.92. The molecule has 0 atom stereocenters. The van der Waals surface area contributed by atoms with Crippen molar-refractivity contribution in [2.75, 3.05) is 6.67 Å². The van der Waals surface area contributed by atoms with Gasteiger partial charge >= 0.3 is 5.97 Å². The van der Waals surface area contributed by atoms with Crippen molar-refractivity contribution in [1.82, 2.24) is 20.0 Å². The van der Waals surface area contributed by atoms with Crippen LogP contribution in [0.2, 0.25) is 0 Å². The van der Waals surface area contributed by atoms with E-state index in [0.717, 1.165) is 0 Å². The number of hydrogen-bond donors (Lipinski definition) is 1. The molecule has 2 aromatic heterocycles. The van der Waals surface area contributed by atoms with Crippen molar-refractivity contribution < 1.29 is 14.3 Å². The van der Waals surface area contributed by atoms with Crippen LogP contribution in [0.1, 0.15) is 16.9 Å². The van der Waals surface area contributed by atoms with Crippen molar-refractivity contribution in [1.29, 1.82) is 0 Å². The summed E-state index contributed by atoms with van der Waals surface area (Å²) in [4.78, 5) is 14.9. The number of hydrogen-bond acceptors (Lipinski definition) is 4. The molecule has 0 spiro atoms. The predicted molar refractivity (Wildman–Crippen MR) is 60.8 cm³/mol. The highest BCUT2D eigenvalue weighted by Gasteiger charge is 2.20. The second-order valence-electron chi connectivity index (χ2n) is 3.59. The number of aromatic carboxylic acids is 1. The molecule has 1 N–H and O–H groups in total. The van der Waals surface area contributed by atoms with Gasteiger partial charge in [-0.1, -0.05) is 5.21 Å². The third-order valence-electron chi connectivity index (χ3n) is 2.39. The molecule has 6 nitrogen and oxygen atoms in total. The molecular formula is C11H11FN4O2. The molecule has 0 unspecified atom stereocenters. The molecule has 0 radical (unpaired) electrons. The lowest BCUT2D eigenvalue weighted by Crippen LogP contribution is -2.05. The number of carboxylic acids is 1. The van der Waals surface area contributed by atoms with Gasteiger partial charge in [0.15, 0.2) is 5.69 Å². The molecule has 2 heterocycles. The number of aryl methyl sites for hydroxylation is 1. The lowest BCUT2D eigenvalue weighted by molar-refractivity contribution is 0.0691. The lowest BCUT2D eigenvalue weighted by atomic mass is 10.1. The number of aromatic nitrogens is 4. The van der Waals surface area contributed by atoms with E-state index in [1.165, 1.54) is 4.68 Å². The minimum absolute atomic E-state index is 0.139. The number of rotatable bonds is 5. The topological polar surface area (TPSA) is 80.9 Å². The van der Waals surface area contributed by atoms with Crippen molar-refractivity contribution >= 4 is 5.97 Å². The van der Waals surface area contributed by atoms with Gasteiger partial charge in [0.25, 0.3) is 0 Å². The number of halogens is 1. The maximum absolute atomic E-state index is 12.2. The smallest absolute Gasteiger partial charge is 0.358 e. The van der Waals surface area contributed by atoms with Crippen LogP contribution >= 0.6 is 0 Å². The number of pyridine rings is 1. The van der Waals surface area contributed by atoms with Gasteiger partial charge in [0.05, 0.1) is 6.67 Å². The maximum Gasteiger partial charge on any atom is 0.358 e. The van der Waals surface area contributed by atoms with Crippen LogP contribution in [0.4, 0.5) is 4.39 Å². The van der Waals surface area contributed by atoms with Crippen LogP contribution in [0.25, 0.3) is 11.3 Å². The van der Waals surface area contributed by atoms with E-state index in [9.17, 15) is 9.18 Å². The monoisotopic (exact) mass is 250 g/mol. The summed E-state index contributed by atoms with van der Waals surface area (Å²) in [7, 11) is 0. The zero-order chi connectivity index (χ0) is 13.0. The van der Waals surface area contributed by atoms with E-state index in [2.05, 4.69) is 15.3 Å². The van der Waals surface area contributed by atoms with Gasteiger partial charge in [-0.05, 0) is 18.6 Å². The molecule has 2 rings (SSSR count). The molecule has 2 aromatic rings. The van der Waals surface area contributed by atoms with Crippen LogP contribution in [-0.2, 0) is 6.54 Å². The van der Waals surface area contributed by atoms with Crippen molar-refractivity contribution in [2.24, 2.45) is 0 Å². The molecular weight excluding hydrogens is 239 g/mol. The van der Waals surface area contributed by atoms with Crippen molar-refractivity contribution in [3.05, 3.63) is 30.2 Å². The highest BCUT2D eigenvalue weighted by Crippen LogP contribution is 2.21. The van der Waals surface area contributed by atoms with E-state index in [1.54, 1.807) is 24.5 Å². The number of carbonyl (C=O) groups is 1. The number of alkyl halides is 1. The normalized spacial score (nSPS) is 10.5. The predicted octanol–water partition coefficient (Wildman–Crippen LogP) is 1.40. The first-order chi connectivity index (χ1) is 8.74. The average molecular weight is 250 g/mol. The molecule has 0 saturated carbocycles. The van der Waals surface area contributed by atoms with Gasteiger partial charge in [-0.3, -0.25) is 9.37 Å². The molecule has 0 bridgehead atoms. The summed E-state index contributed by atoms with van der Waals surface area (Å²) in [5.74, 6) is -1.16. The second-order valence-corrected chi connectivity index (χ2v) is 3.59. The summed E-state index contributed by atoms with van der Waals surface area (Å²) in [5.41, 5.74) is 0.879. The summed E-state index contributed by atoms with van der Waals surface area (Å²) < 4.78 is 13.6. The van der Waals surface area contributed by atoms with Crippen molar-refractivity contribution in [2.45, 2.75) is 13.0 Å². The van der Waals surface area contributed by atoms with E-state index < -0.39 is 12.6 Å². The van der Waals surface area contributed by atoms with Crippen LogP contribution in [0, 0.1) is 0 Å². The molecule has 94 valence electrons. The van der Waals surface area contributed by atoms with Crippen LogP contribution in [0.5, 0.6) is 0 Å². The number of nitrogens with zero attached hydrogens (tertiary/aromatic N) is 4. The lowest BCUT2D eigenvalue weighted by Gasteiger charge is -2.05. The Labute approximate surface area is 102 Å². The van der Waals surface area contributed by atoms with Gasteiger partial charge in [0.2, 0.25) is 0 Å². The minimum Gasteiger partial charge on any atom is -0.476 e. The molecule has 0 aliphatic rings. The standard InChI is InChI=1S/C11H11FN4O2/c12-4-1-7-16-10(8-2-5-13-6-3-8)9(11(17)18)14-15-16/h2-3,5-6H,1,4,7H2,(H,17,18). The van der Waals surface area contributed by atoms with Crippen molar-refractivity contribution in [3.8, 4) is 11.3 Å². The fourth-order valence-corrected chi connectivity index (χ4v) is 1.62. The fraction of sp³-hybridized carbons (Fsp3) is 0.273. The minimum atomic E-state index is -1.16. The molecule has 18 heavy (non-hydrogen) atoms. The Bertz CT molecular complexity index is 541. The van der Waals surface area contributed by atoms with Gasteiger partial charge in [0.1, 0.15) is 5.69 Å². The zero-order valence-electron chi connectivity index (χ0n) is 9.45. The van der Waals surface area contributed by atoms with Crippen LogP contribution in [-0.4, -0.2) is 37.7 Å². The quantitative estimate of drug-likeness (QED) is 0.867. The van der Waals surface area contributed by atoms with Gasteiger partial charge < -0.3 is 5.11 Å². The summed E-state index contributed by atoms with van der Waals surface area (Å²) >= 11 is 0. The summed E-state index contributed by atoms with van der Waals surface area (Å²) in [6.45, 7) is -0.202. The van der Waals surface area contributed by atoms with E-state index >= 15 is 0 Å². The van der Waals surface area contributed by atoms with Gasteiger partial charge in [-0.15, -0.1) is 5.10 Å². The second kappa shape index (κ2) is 5.35. The first-order valence-corrected chi connectivity index (χ1v) is 5.37. The van der Waals surface area contributed by atoms with Gasteiger partial charge in [0, 0.05) is 24.5 Å². The maximum atomic E-state index is 12.2. The number of carboxylic acid groups (broad SMARTS) is 1. The first-order valence-electron chi connectivity index (χ1n) is 5.37. The van der Waals surface area contributed by atoms with E-state index in [-0.39, 0.29) is 18.7 Å². The Morgan fingerprint density at radius 2 is 2.11 bits per heavy atom. The highest BCUT2D eigenvalue weighted by atomic mass is 19.1. The Morgan fingerprint density at radius 1 is 1.39 bits per heavy atom. The Balaban J connectivity index is 2.47. The molecule has 0 saturated heterocycles.